The predicted molar refractivity (Wildman–Crippen MR) is 150 cm³/mol. The molecule has 4 rings (SSSR count). The van der Waals surface area contributed by atoms with Crippen LogP contribution in [-0.4, -0.2) is 85.6 Å². The Morgan fingerprint density at radius 3 is 2.38 bits per heavy atom. The molecular formula is C29H33N5O8. The van der Waals surface area contributed by atoms with Crippen LogP contribution in [-0.2, 0) is 36.8 Å². The molecule has 1 saturated heterocycles. The van der Waals surface area contributed by atoms with Gasteiger partial charge in [-0.15, -0.1) is 0 Å². The molecule has 3 amide bonds. The van der Waals surface area contributed by atoms with Gasteiger partial charge >= 0.3 is 11.9 Å². The van der Waals surface area contributed by atoms with E-state index in [-0.39, 0.29) is 31.6 Å². The zero-order chi connectivity index (χ0) is 30.4. The number of nitrogens with one attached hydrogen (secondary N) is 3. The lowest BCUT2D eigenvalue weighted by molar-refractivity contribution is -0.144. The summed E-state index contributed by atoms with van der Waals surface area (Å²) in [6.07, 6.45) is 1.80. The Kier molecular flexibility index (Phi) is 9.42. The number of hydrogen-bond acceptors (Lipinski definition) is 7. The van der Waals surface area contributed by atoms with Crippen LogP contribution in [0.1, 0.15) is 30.4 Å². The smallest absolute Gasteiger partial charge is 0.326 e. The number of H-pyrrole nitrogens is 1. The van der Waals surface area contributed by atoms with Gasteiger partial charge in [-0.2, -0.15) is 0 Å². The maximum Gasteiger partial charge on any atom is 0.326 e. The Balaban J connectivity index is 1.52. The van der Waals surface area contributed by atoms with Gasteiger partial charge in [-0.05, 0) is 42.2 Å². The minimum absolute atomic E-state index is 0.00580. The molecule has 0 spiro atoms. The molecular weight excluding hydrogens is 546 g/mol. The first kappa shape index (κ1) is 30.1. The van der Waals surface area contributed by atoms with Crippen molar-refractivity contribution in [2.75, 3.05) is 6.54 Å². The highest BCUT2D eigenvalue weighted by Crippen LogP contribution is 2.21. The third-order valence-corrected chi connectivity index (χ3v) is 7.27. The van der Waals surface area contributed by atoms with Crippen LogP contribution in [0.5, 0.6) is 5.75 Å². The van der Waals surface area contributed by atoms with Gasteiger partial charge < -0.3 is 41.6 Å². The number of carbonyl (C=O) groups is 5. The topological polar surface area (TPSA) is 215 Å². The number of carboxylic acid groups (broad SMARTS) is 2. The molecule has 2 heterocycles. The molecule has 1 aliphatic rings. The number of nitrogens with two attached hydrogens (primary N) is 1. The van der Waals surface area contributed by atoms with Crippen molar-refractivity contribution in [1.29, 1.82) is 0 Å². The van der Waals surface area contributed by atoms with Crippen LogP contribution < -0.4 is 16.4 Å². The Labute approximate surface area is 240 Å². The number of amides is 3. The van der Waals surface area contributed by atoms with E-state index in [0.717, 1.165) is 10.9 Å². The van der Waals surface area contributed by atoms with Gasteiger partial charge in [0, 0.05) is 36.5 Å². The number of benzene rings is 2. The number of fused-ring (bicyclic) bond motifs is 1. The van der Waals surface area contributed by atoms with Gasteiger partial charge in [0.25, 0.3) is 0 Å². The molecule has 0 radical (unpaired) electrons. The molecule has 4 atom stereocenters. The van der Waals surface area contributed by atoms with Crippen molar-refractivity contribution < 1.29 is 39.3 Å². The summed E-state index contributed by atoms with van der Waals surface area (Å²) in [5.74, 6) is -4.58. The number of aromatic hydroxyl groups is 1. The molecule has 0 saturated carbocycles. The highest BCUT2D eigenvalue weighted by molar-refractivity contribution is 5.95. The molecule has 222 valence electrons. The minimum Gasteiger partial charge on any atom is -0.508 e. The predicted octanol–water partition coefficient (Wildman–Crippen LogP) is 0.506. The lowest BCUT2D eigenvalue weighted by Gasteiger charge is -2.28. The standard InChI is InChI=1S/C29H33N5O8/c30-20(14-25(36)37)28(40)34-11-3-6-24(34)27(39)32-22(12-16-7-9-18(35)10-8-16)26(38)33-23(29(41)42)13-17-15-31-21-5-2-1-4-19(17)21/h1-2,4-5,7-10,15,20,22-24,31,35H,3,6,11-14,30H2,(H,32,39)(H,33,38)(H,36,37)(H,41,42). The number of aromatic amines is 1. The monoisotopic (exact) mass is 579 g/mol. The molecule has 8 N–H and O–H groups in total. The second kappa shape index (κ2) is 13.2. The summed E-state index contributed by atoms with van der Waals surface area (Å²) in [5.41, 5.74) is 7.84. The van der Waals surface area contributed by atoms with Gasteiger partial charge in [0.1, 0.15) is 23.9 Å². The largest absolute Gasteiger partial charge is 0.508 e. The highest BCUT2D eigenvalue weighted by atomic mass is 16.4. The molecule has 42 heavy (non-hydrogen) atoms. The van der Waals surface area contributed by atoms with E-state index in [9.17, 15) is 34.2 Å². The summed E-state index contributed by atoms with van der Waals surface area (Å²) >= 11 is 0. The molecule has 1 aromatic heterocycles. The summed E-state index contributed by atoms with van der Waals surface area (Å²) in [4.78, 5) is 67.2. The maximum atomic E-state index is 13.5. The molecule has 2 aromatic carbocycles. The third-order valence-electron chi connectivity index (χ3n) is 7.27. The molecule has 0 aliphatic carbocycles. The van der Waals surface area contributed by atoms with Crippen molar-refractivity contribution in [2.24, 2.45) is 5.73 Å². The molecule has 0 bridgehead atoms. The van der Waals surface area contributed by atoms with Gasteiger partial charge in [0.05, 0.1) is 12.5 Å². The van der Waals surface area contributed by atoms with E-state index in [1.54, 1.807) is 18.3 Å². The Morgan fingerprint density at radius 1 is 0.976 bits per heavy atom. The summed E-state index contributed by atoms with van der Waals surface area (Å²) in [6.45, 7) is 0.199. The normalized spacial score (nSPS) is 16.9. The van der Waals surface area contributed by atoms with Crippen molar-refractivity contribution in [3.8, 4) is 5.75 Å². The van der Waals surface area contributed by atoms with Gasteiger partial charge in [-0.25, -0.2) is 4.79 Å². The number of likely N-dealkylation sites (tertiary alicyclic amines) is 1. The van der Waals surface area contributed by atoms with Crippen LogP contribution in [0.15, 0.2) is 54.7 Å². The highest BCUT2D eigenvalue weighted by Gasteiger charge is 2.38. The zero-order valence-electron chi connectivity index (χ0n) is 22.7. The Morgan fingerprint density at radius 2 is 1.69 bits per heavy atom. The number of carboxylic acids is 2. The van der Waals surface area contributed by atoms with E-state index in [4.69, 9.17) is 10.8 Å². The van der Waals surface area contributed by atoms with Crippen LogP contribution in [0, 0.1) is 0 Å². The van der Waals surface area contributed by atoms with Crippen LogP contribution in [0.4, 0.5) is 0 Å². The lowest BCUT2D eigenvalue weighted by Crippen LogP contribution is -2.57. The second-order valence-electron chi connectivity index (χ2n) is 10.3. The summed E-state index contributed by atoms with van der Waals surface area (Å²) in [5, 5.41) is 34.6. The van der Waals surface area contributed by atoms with Gasteiger partial charge in [-0.1, -0.05) is 30.3 Å². The number of hydrogen-bond donors (Lipinski definition) is 7. The van der Waals surface area contributed by atoms with Crippen LogP contribution >= 0.6 is 0 Å². The third kappa shape index (κ3) is 7.23. The average Bonchev–Trinajstić information content (AvgIpc) is 3.60. The Hall–Kier alpha value is -4.91. The van der Waals surface area contributed by atoms with Gasteiger partial charge in [0.2, 0.25) is 17.7 Å². The van der Waals surface area contributed by atoms with E-state index >= 15 is 0 Å². The van der Waals surface area contributed by atoms with Crippen molar-refractivity contribution >= 4 is 40.6 Å². The maximum absolute atomic E-state index is 13.5. The zero-order valence-corrected chi connectivity index (χ0v) is 22.7. The number of phenolic OH excluding ortho intramolecular Hbond substituents is 1. The molecule has 1 aliphatic heterocycles. The lowest BCUT2D eigenvalue weighted by atomic mass is 10.0. The molecule has 3 aromatic rings. The summed E-state index contributed by atoms with van der Waals surface area (Å²) in [7, 11) is 0. The quantitative estimate of drug-likeness (QED) is 0.159. The fourth-order valence-corrected chi connectivity index (χ4v) is 5.13. The van der Waals surface area contributed by atoms with Gasteiger partial charge in [0.15, 0.2) is 0 Å². The first-order chi connectivity index (χ1) is 20.0. The molecule has 1 fully saturated rings. The number of para-hydroxylation sites is 1. The van der Waals surface area contributed by atoms with E-state index in [2.05, 4.69) is 15.6 Å². The minimum atomic E-state index is -1.33. The number of nitrogens with zero attached hydrogens (tertiary/aromatic N) is 1. The number of phenols is 1. The van der Waals surface area contributed by atoms with Crippen molar-refractivity contribution in [3.63, 3.8) is 0 Å². The van der Waals surface area contributed by atoms with Crippen molar-refractivity contribution in [2.45, 2.75) is 56.3 Å². The number of aromatic nitrogens is 1. The number of rotatable bonds is 12. The molecule has 13 nitrogen and oxygen atoms in total. The van der Waals surface area contributed by atoms with Crippen LogP contribution in [0.25, 0.3) is 10.9 Å². The molecule has 4 unspecified atom stereocenters. The number of carbonyl (C=O) groups excluding carboxylic acids is 3. The molecule has 13 heteroatoms. The average molecular weight is 580 g/mol. The fraction of sp³-hybridized carbons (Fsp3) is 0.345. The van der Waals surface area contributed by atoms with Crippen LogP contribution in [0.3, 0.4) is 0 Å². The first-order valence-electron chi connectivity index (χ1n) is 13.5. The van der Waals surface area contributed by atoms with Crippen molar-refractivity contribution in [3.05, 3.63) is 65.9 Å². The second-order valence-corrected chi connectivity index (χ2v) is 10.3. The van der Waals surface area contributed by atoms with E-state index in [1.165, 1.54) is 17.0 Å². The number of aliphatic carboxylic acids is 2. The first-order valence-corrected chi connectivity index (χ1v) is 13.5. The van der Waals surface area contributed by atoms with E-state index in [0.29, 0.717) is 17.5 Å². The van der Waals surface area contributed by atoms with Crippen molar-refractivity contribution in [1.82, 2.24) is 20.5 Å². The summed E-state index contributed by atoms with van der Waals surface area (Å²) < 4.78 is 0. The Bertz CT molecular complexity index is 1470. The van der Waals surface area contributed by atoms with E-state index in [1.807, 2.05) is 24.3 Å². The van der Waals surface area contributed by atoms with E-state index < -0.39 is 60.2 Å². The van der Waals surface area contributed by atoms with Crippen LogP contribution in [0.2, 0.25) is 0 Å². The SMILES string of the molecule is NC(CC(=O)O)C(=O)N1CCCC1C(=O)NC(Cc1ccc(O)cc1)C(=O)NC(Cc1c[nH]c2ccccc12)C(=O)O. The fourth-order valence-electron chi connectivity index (χ4n) is 5.13. The summed E-state index contributed by atoms with van der Waals surface area (Å²) in [6, 6.07) is 8.49. The van der Waals surface area contributed by atoms with Gasteiger partial charge in [-0.3, -0.25) is 19.2 Å².